The molecule has 3 aromatic carbocycles. The number of nitrogens with zero attached hydrogens (tertiary/aromatic N) is 1. The monoisotopic (exact) mass is 304 g/mol. The molecule has 0 atom stereocenters. The van der Waals surface area contributed by atoms with E-state index in [4.69, 9.17) is 4.74 Å². The summed E-state index contributed by atoms with van der Waals surface area (Å²) >= 11 is 0. The van der Waals surface area contributed by atoms with Crippen LogP contribution in [0, 0.1) is 0 Å². The number of para-hydroxylation sites is 1. The van der Waals surface area contributed by atoms with Gasteiger partial charge in [-0.1, -0.05) is 48.5 Å². The van der Waals surface area contributed by atoms with Gasteiger partial charge in [-0.15, -0.1) is 0 Å². The van der Waals surface area contributed by atoms with Crippen LogP contribution in [0.5, 0.6) is 5.75 Å². The van der Waals surface area contributed by atoms with E-state index in [0.29, 0.717) is 11.3 Å². The maximum atomic E-state index is 12.1. The second kappa shape index (κ2) is 6.75. The van der Waals surface area contributed by atoms with E-state index in [1.807, 2.05) is 42.5 Å². The number of hydrazone groups is 1. The van der Waals surface area contributed by atoms with Crippen molar-refractivity contribution in [2.24, 2.45) is 5.10 Å². The molecule has 1 amide bonds. The van der Waals surface area contributed by atoms with Crippen molar-refractivity contribution >= 4 is 22.9 Å². The lowest BCUT2D eigenvalue weighted by Crippen LogP contribution is -2.18. The SMILES string of the molecule is COc1ccccc1C(=O)NN=Cc1ccc2ccccc2c1. The third kappa shape index (κ3) is 3.37. The minimum atomic E-state index is -0.306. The molecule has 114 valence electrons. The van der Waals surface area contributed by atoms with Crippen molar-refractivity contribution in [1.82, 2.24) is 5.43 Å². The van der Waals surface area contributed by atoms with Gasteiger partial charge in [-0.25, -0.2) is 5.43 Å². The van der Waals surface area contributed by atoms with E-state index in [9.17, 15) is 4.79 Å². The van der Waals surface area contributed by atoms with Crippen molar-refractivity contribution in [2.45, 2.75) is 0 Å². The lowest BCUT2D eigenvalue weighted by Gasteiger charge is -2.06. The summed E-state index contributed by atoms with van der Waals surface area (Å²) in [5.74, 6) is 0.213. The summed E-state index contributed by atoms with van der Waals surface area (Å²) in [6, 6.07) is 21.1. The van der Waals surface area contributed by atoms with Crippen molar-refractivity contribution in [1.29, 1.82) is 0 Å². The number of hydrogen-bond donors (Lipinski definition) is 1. The first-order valence-corrected chi connectivity index (χ1v) is 7.23. The molecule has 3 aromatic rings. The predicted molar refractivity (Wildman–Crippen MR) is 92.0 cm³/mol. The molecule has 0 heterocycles. The molecule has 0 bridgehead atoms. The molecule has 23 heavy (non-hydrogen) atoms. The molecule has 0 unspecified atom stereocenters. The standard InChI is InChI=1S/C19H16N2O2/c1-23-18-9-5-4-8-17(18)19(22)21-20-13-14-10-11-15-6-2-3-7-16(15)12-14/h2-13H,1H3,(H,21,22). The van der Waals surface area contributed by atoms with Crippen molar-refractivity contribution in [3.05, 3.63) is 77.9 Å². The Kier molecular flexibility index (Phi) is 4.34. The van der Waals surface area contributed by atoms with E-state index < -0.39 is 0 Å². The number of benzene rings is 3. The summed E-state index contributed by atoms with van der Waals surface area (Å²) < 4.78 is 5.17. The number of rotatable bonds is 4. The van der Waals surface area contributed by atoms with Gasteiger partial charge in [-0.05, 0) is 34.5 Å². The van der Waals surface area contributed by atoms with Crippen LogP contribution >= 0.6 is 0 Å². The quantitative estimate of drug-likeness (QED) is 0.591. The smallest absolute Gasteiger partial charge is 0.275 e. The van der Waals surface area contributed by atoms with Gasteiger partial charge in [-0.2, -0.15) is 5.10 Å². The number of fused-ring (bicyclic) bond motifs is 1. The van der Waals surface area contributed by atoms with Crippen molar-refractivity contribution < 1.29 is 9.53 Å². The molecule has 0 aliphatic carbocycles. The number of carbonyl (C=O) groups excluding carboxylic acids is 1. The number of nitrogens with one attached hydrogen (secondary N) is 1. The molecule has 3 rings (SSSR count). The van der Waals surface area contributed by atoms with Gasteiger partial charge < -0.3 is 4.74 Å². The Labute approximate surface area is 134 Å². The van der Waals surface area contributed by atoms with Gasteiger partial charge in [0.2, 0.25) is 0 Å². The fraction of sp³-hybridized carbons (Fsp3) is 0.0526. The summed E-state index contributed by atoms with van der Waals surface area (Å²) in [6.45, 7) is 0. The first kappa shape index (κ1) is 14.8. The zero-order valence-electron chi connectivity index (χ0n) is 12.7. The number of amides is 1. The molecular weight excluding hydrogens is 288 g/mol. The van der Waals surface area contributed by atoms with Crippen molar-refractivity contribution in [3.63, 3.8) is 0 Å². The fourth-order valence-electron chi connectivity index (χ4n) is 2.35. The van der Waals surface area contributed by atoms with Crippen LogP contribution in [-0.4, -0.2) is 19.2 Å². The van der Waals surface area contributed by atoms with E-state index in [1.165, 1.54) is 12.5 Å². The Morgan fingerprint density at radius 1 is 1.00 bits per heavy atom. The Balaban J connectivity index is 1.73. The minimum Gasteiger partial charge on any atom is -0.496 e. The van der Waals surface area contributed by atoms with Crippen LogP contribution in [0.25, 0.3) is 10.8 Å². The number of methoxy groups -OCH3 is 1. The summed E-state index contributed by atoms with van der Waals surface area (Å²) in [5.41, 5.74) is 3.89. The van der Waals surface area contributed by atoms with E-state index in [0.717, 1.165) is 10.9 Å². The van der Waals surface area contributed by atoms with Crippen LogP contribution in [0.2, 0.25) is 0 Å². The second-order valence-electron chi connectivity index (χ2n) is 5.01. The number of carbonyl (C=O) groups is 1. The molecule has 1 N–H and O–H groups in total. The normalized spacial score (nSPS) is 10.8. The van der Waals surface area contributed by atoms with Gasteiger partial charge in [0.25, 0.3) is 5.91 Å². The van der Waals surface area contributed by atoms with Crippen LogP contribution in [0.3, 0.4) is 0 Å². The maximum absolute atomic E-state index is 12.1. The van der Waals surface area contributed by atoms with Crippen molar-refractivity contribution in [3.8, 4) is 5.75 Å². The van der Waals surface area contributed by atoms with Crippen LogP contribution in [0.1, 0.15) is 15.9 Å². The lowest BCUT2D eigenvalue weighted by molar-refractivity contribution is 0.0952. The maximum Gasteiger partial charge on any atom is 0.275 e. The average molecular weight is 304 g/mol. The highest BCUT2D eigenvalue weighted by molar-refractivity contribution is 5.97. The molecule has 0 saturated carbocycles. The molecule has 0 aliphatic rings. The molecular formula is C19H16N2O2. The second-order valence-corrected chi connectivity index (χ2v) is 5.01. The fourth-order valence-corrected chi connectivity index (χ4v) is 2.35. The Hall–Kier alpha value is -3.14. The predicted octanol–water partition coefficient (Wildman–Crippen LogP) is 3.61. The zero-order chi connectivity index (χ0) is 16.1. The Morgan fingerprint density at radius 3 is 2.57 bits per heavy atom. The van der Waals surface area contributed by atoms with Crippen LogP contribution in [0.15, 0.2) is 71.8 Å². The molecule has 4 nitrogen and oxygen atoms in total. The summed E-state index contributed by atoms with van der Waals surface area (Å²) in [4.78, 5) is 12.1. The van der Waals surface area contributed by atoms with Crippen molar-refractivity contribution in [2.75, 3.05) is 7.11 Å². The summed E-state index contributed by atoms with van der Waals surface area (Å²) in [7, 11) is 1.53. The molecule has 0 saturated heterocycles. The number of hydrogen-bond acceptors (Lipinski definition) is 3. The third-order valence-electron chi connectivity index (χ3n) is 3.50. The molecule has 0 aliphatic heterocycles. The molecule has 0 aromatic heterocycles. The lowest BCUT2D eigenvalue weighted by atomic mass is 10.1. The topological polar surface area (TPSA) is 50.7 Å². The van der Waals surface area contributed by atoms with Gasteiger partial charge in [-0.3, -0.25) is 4.79 Å². The summed E-state index contributed by atoms with van der Waals surface area (Å²) in [5, 5.41) is 6.32. The zero-order valence-corrected chi connectivity index (χ0v) is 12.7. The Bertz CT molecular complexity index is 872. The molecule has 0 radical (unpaired) electrons. The van der Waals surface area contributed by atoms with Gasteiger partial charge >= 0.3 is 0 Å². The Morgan fingerprint density at radius 2 is 1.74 bits per heavy atom. The van der Waals surface area contributed by atoms with Gasteiger partial charge in [0, 0.05) is 0 Å². The van der Waals surface area contributed by atoms with Crippen LogP contribution in [-0.2, 0) is 0 Å². The van der Waals surface area contributed by atoms with Crippen LogP contribution < -0.4 is 10.2 Å². The highest BCUT2D eigenvalue weighted by Gasteiger charge is 2.09. The van der Waals surface area contributed by atoms with Crippen LogP contribution in [0.4, 0.5) is 0 Å². The van der Waals surface area contributed by atoms with E-state index >= 15 is 0 Å². The van der Waals surface area contributed by atoms with E-state index in [2.05, 4.69) is 16.6 Å². The van der Waals surface area contributed by atoms with E-state index in [1.54, 1.807) is 24.4 Å². The van der Waals surface area contributed by atoms with E-state index in [-0.39, 0.29) is 5.91 Å². The minimum absolute atomic E-state index is 0.306. The molecule has 4 heteroatoms. The highest BCUT2D eigenvalue weighted by Crippen LogP contribution is 2.17. The highest BCUT2D eigenvalue weighted by atomic mass is 16.5. The largest absolute Gasteiger partial charge is 0.496 e. The average Bonchev–Trinajstić information content (AvgIpc) is 2.61. The molecule has 0 spiro atoms. The van der Waals surface area contributed by atoms with Gasteiger partial charge in [0.05, 0.1) is 18.9 Å². The first-order valence-electron chi connectivity index (χ1n) is 7.23. The first-order chi connectivity index (χ1) is 11.3. The third-order valence-corrected chi connectivity index (χ3v) is 3.50. The number of ether oxygens (including phenoxy) is 1. The van der Waals surface area contributed by atoms with Gasteiger partial charge in [0.1, 0.15) is 5.75 Å². The van der Waals surface area contributed by atoms with Gasteiger partial charge in [0.15, 0.2) is 0 Å². The summed E-state index contributed by atoms with van der Waals surface area (Å²) in [6.07, 6.45) is 1.62. The molecule has 0 fully saturated rings.